The first-order valence-electron chi connectivity index (χ1n) is 6.08. The lowest BCUT2D eigenvalue weighted by Crippen LogP contribution is -2.04. The van der Waals surface area contributed by atoms with Gasteiger partial charge in [-0.1, -0.05) is 0 Å². The lowest BCUT2D eigenvalue weighted by molar-refractivity contribution is -0.384. The van der Waals surface area contributed by atoms with Crippen molar-refractivity contribution in [1.29, 1.82) is 0 Å². The lowest BCUT2D eigenvalue weighted by atomic mass is 10.2. The molecule has 0 aliphatic carbocycles. The normalized spacial score (nSPS) is 10.4. The number of pyridine rings is 1. The van der Waals surface area contributed by atoms with E-state index in [9.17, 15) is 10.1 Å². The van der Waals surface area contributed by atoms with E-state index in [1.54, 1.807) is 16.9 Å². The fourth-order valence-electron chi connectivity index (χ4n) is 1.83. The topological polar surface area (TPSA) is 85.9 Å². The SMILES string of the molecule is CCNc1cc([N+](=O)[O-])cc(-c2ccnn2CC)n1. The van der Waals surface area contributed by atoms with E-state index in [1.807, 2.05) is 13.8 Å². The Morgan fingerprint density at radius 3 is 2.84 bits per heavy atom. The molecular weight excluding hydrogens is 246 g/mol. The monoisotopic (exact) mass is 261 g/mol. The number of rotatable bonds is 5. The highest BCUT2D eigenvalue weighted by Crippen LogP contribution is 2.25. The van der Waals surface area contributed by atoms with Crippen LogP contribution in [0.25, 0.3) is 11.4 Å². The molecule has 7 heteroatoms. The summed E-state index contributed by atoms with van der Waals surface area (Å²) in [5.74, 6) is 0.496. The van der Waals surface area contributed by atoms with Gasteiger partial charge in [0.15, 0.2) is 0 Å². The standard InChI is InChI=1S/C12H15N5O2/c1-3-13-12-8-9(17(18)19)7-10(15-12)11-5-6-14-16(11)4-2/h5-8H,3-4H2,1-2H3,(H,13,15). The van der Waals surface area contributed by atoms with Gasteiger partial charge in [0, 0.05) is 25.4 Å². The second-order valence-electron chi connectivity index (χ2n) is 3.92. The highest BCUT2D eigenvalue weighted by atomic mass is 16.6. The van der Waals surface area contributed by atoms with Gasteiger partial charge in [0.1, 0.15) is 5.82 Å². The Kier molecular flexibility index (Phi) is 3.74. The van der Waals surface area contributed by atoms with Crippen LogP contribution in [0.2, 0.25) is 0 Å². The van der Waals surface area contributed by atoms with E-state index < -0.39 is 4.92 Å². The smallest absolute Gasteiger partial charge is 0.275 e. The van der Waals surface area contributed by atoms with Gasteiger partial charge in [-0.25, -0.2) is 4.98 Å². The zero-order chi connectivity index (χ0) is 13.8. The van der Waals surface area contributed by atoms with Crippen molar-refractivity contribution in [3.63, 3.8) is 0 Å². The molecule has 2 aromatic rings. The number of hydrogen-bond donors (Lipinski definition) is 1. The average Bonchev–Trinajstić information content (AvgIpc) is 2.87. The van der Waals surface area contributed by atoms with Crippen molar-refractivity contribution in [2.24, 2.45) is 0 Å². The highest BCUT2D eigenvalue weighted by Gasteiger charge is 2.14. The quantitative estimate of drug-likeness (QED) is 0.659. The van der Waals surface area contributed by atoms with Gasteiger partial charge in [0.25, 0.3) is 5.69 Å². The maximum atomic E-state index is 11.0. The second kappa shape index (κ2) is 5.47. The van der Waals surface area contributed by atoms with Gasteiger partial charge in [-0.15, -0.1) is 0 Å². The van der Waals surface area contributed by atoms with E-state index in [0.717, 1.165) is 5.69 Å². The maximum absolute atomic E-state index is 11.0. The molecule has 0 spiro atoms. The molecule has 0 aromatic carbocycles. The number of nitrogens with zero attached hydrogens (tertiary/aromatic N) is 4. The number of nitrogens with one attached hydrogen (secondary N) is 1. The Bertz CT molecular complexity index is 594. The first-order chi connectivity index (χ1) is 9.15. The number of aryl methyl sites for hydroxylation is 1. The molecule has 0 saturated carbocycles. The van der Waals surface area contributed by atoms with Crippen LogP contribution in [0.3, 0.4) is 0 Å². The Hall–Kier alpha value is -2.44. The highest BCUT2D eigenvalue weighted by molar-refractivity contribution is 5.62. The minimum absolute atomic E-state index is 0.0183. The summed E-state index contributed by atoms with van der Waals surface area (Å²) in [6, 6.07) is 4.69. The molecule has 2 aromatic heterocycles. The first kappa shape index (κ1) is 13.0. The molecule has 0 aliphatic rings. The van der Waals surface area contributed by atoms with E-state index >= 15 is 0 Å². The third kappa shape index (κ3) is 2.70. The van der Waals surface area contributed by atoms with Crippen LogP contribution in [0.15, 0.2) is 24.4 Å². The van der Waals surface area contributed by atoms with Gasteiger partial charge < -0.3 is 5.32 Å². The molecule has 0 saturated heterocycles. The minimum Gasteiger partial charge on any atom is -0.370 e. The van der Waals surface area contributed by atoms with Gasteiger partial charge in [0.2, 0.25) is 0 Å². The first-order valence-corrected chi connectivity index (χ1v) is 6.08. The van der Waals surface area contributed by atoms with Crippen molar-refractivity contribution < 1.29 is 4.92 Å². The molecule has 0 amide bonds. The molecule has 2 heterocycles. The fraction of sp³-hybridized carbons (Fsp3) is 0.333. The minimum atomic E-state index is -0.418. The Balaban J connectivity index is 2.52. The summed E-state index contributed by atoms with van der Waals surface area (Å²) in [7, 11) is 0. The van der Waals surface area contributed by atoms with Crippen LogP contribution >= 0.6 is 0 Å². The van der Waals surface area contributed by atoms with Gasteiger partial charge in [0.05, 0.1) is 22.4 Å². The van der Waals surface area contributed by atoms with E-state index in [4.69, 9.17) is 0 Å². The molecule has 1 N–H and O–H groups in total. The van der Waals surface area contributed by atoms with Gasteiger partial charge in [-0.3, -0.25) is 14.8 Å². The molecule has 0 atom stereocenters. The zero-order valence-corrected chi connectivity index (χ0v) is 10.8. The van der Waals surface area contributed by atoms with Crippen molar-refractivity contribution >= 4 is 11.5 Å². The molecule has 0 aliphatic heterocycles. The van der Waals surface area contributed by atoms with Crippen LogP contribution in [-0.2, 0) is 6.54 Å². The average molecular weight is 261 g/mol. The summed E-state index contributed by atoms with van der Waals surface area (Å²) in [4.78, 5) is 14.9. The molecule has 2 rings (SSSR count). The van der Waals surface area contributed by atoms with Crippen LogP contribution in [0.5, 0.6) is 0 Å². The van der Waals surface area contributed by atoms with Crippen LogP contribution in [0, 0.1) is 10.1 Å². The summed E-state index contributed by atoms with van der Waals surface area (Å²) in [6.07, 6.45) is 1.66. The third-order valence-corrected chi connectivity index (χ3v) is 2.66. The molecule has 100 valence electrons. The summed E-state index contributed by atoms with van der Waals surface area (Å²) in [5.41, 5.74) is 1.33. The van der Waals surface area contributed by atoms with Crippen LogP contribution < -0.4 is 5.32 Å². The second-order valence-corrected chi connectivity index (χ2v) is 3.92. The summed E-state index contributed by atoms with van der Waals surface area (Å²) < 4.78 is 1.75. The third-order valence-electron chi connectivity index (χ3n) is 2.66. The van der Waals surface area contributed by atoms with Gasteiger partial charge in [-0.2, -0.15) is 5.10 Å². The van der Waals surface area contributed by atoms with E-state index in [1.165, 1.54) is 12.1 Å². The van der Waals surface area contributed by atoms with Crippen LogP contribution in [-0.4, -0.2) is 26.2 Å². The lowest BCUT2D eigenvalue weighted by Gasteiger charge is -2.07. The Labute approximate surface area is 110 Å². The molecule has 0 radical (unpaired) electrons. The molecular formula is C12H15N5O2. The zero-order valence-electron chi connectivity index (χ0n) is 10.8. The van der Waals surface area contributed by atoms with E-state index in [0.29, 0.717) is 24.6 Å². The van der Waals surface area contributed by atoms with Gasteiger partial charge in [-0.05, 0) is 19.9 Å². The summed E-state index contributed by atoms with van der Waals surface area (Å²) in [5, 5.41) is 18.1. The largest absolute Gasteiger partial charge is 0.370 e. The molecule has 7 nitrogen and oxygen atoms in total. The van der Waals surface area contributed by atoms with Crippen molar-refractivity contribution in [2.75, 3.05) is 11.9 Å². The number of hydrogen-bond acceptors (Lipinski definition) is 5. The number of aromatic nitrogens is 3. The fourth-order valence-corrected chi connectivity index (χ4v) is 1.83. The van der Waals surface area contributed by atoms with Crippen molar-refractivity contribution in [2.45, 2.75) is 20.4 Å². The summed E-state index contributed by atoms with van der Waals surface area (Å²) in [6.45, 7) is 5.21. The van der Waals surface area contributed by atoms with E-state index in [2.05, 4.69) is 15.4 Å². The predicted molar refractivity (Wildman–Crippen MR) is 72.0 cm³/mol. The predicted octanol–water partition coefficient (Wildman–Crippen LogP) is 2.30. The molecule has 0 bridgehead atoms. The maximum Gasteiger partial charge on any atom is 0.275 e. The molecule has 0 fully saturated rings. The Morgan fingerprint density at radius 1 is 1.42 bits per heavy atom. The van der Waals surface area contributed by atoms with Crippen LogP contribution in [0.4, 0.5) is 11.5 Å². The number of anilines is 1. The van der Waals surface area contributed by atoms with Crippen LogP contribution in [0.1, 0.15) is 13.8 Å². The van der Waals surface area contributed by atoms with Gasteiger partial charge >= 0.3 is 0 Å². The van der Waals surface area contributed by atoms with Crippen molar-refractivity contribution in [3.05, 3.63) is 34.5 Å². The Morgan fingerprint density at radius 2 is 2.21 bits per heavy atom. The molecule has 19 heavy (non-hydrogen) atoms. The van der Waals surface area contributed by atoms with Crippen molar-refractivity contribution in [1.82, 2.24) is 14.8 Å². The van der Waals surface area contributed by atoms with E-state index in [-0.39, 0.29) is 5.69 Å². The number of nitro groups is 1. The van der Waals surface area contributed by atoms with Crippen molar-refractivity contribution in [3.8, 4) is 11.4 Å². The summed E-state index contributed by atoms with van der Waals surface area (Å²) >= 11 is 0. The molecule has 0 unspecified atom stereocenters.